The van der Waals surface area contributed by atoms with Crippen LogP contribution in [-0.4, -0.2) is 36.1 Å². The van der Waals surface area contributed by atoms with Gasteiger partial charge in [-0.05, 0) is 25.1 Å². The van der Waals surface area contributed by atoms with Gasteiger partial charge in [0, 0.05) is 24.7 Å². The van der Waals surface area contributed by atoms with Gasteiger partial charge in [-0.2, -0.15) is 13.2 Å². The molecule has 26 heavy (non-hydrogen) atoms. The number of carbonyl (C=O) groups is 1. The predicted octanol–water partition coefficient (Wildman–Crippen LogP) is 3.77. The van der Waals surface area contributed by atoms with E-state index in [0.29, 0.717) is 24.8 Å². The van der Waals surface area contributed by atoms with Gasteiger partial charge in [0.15, 0.2) is 0 Å². The summed E-state index contributed by atoms with van der Waals surface area (Å²) < 4.78 is 44.3. The number of aromatic nitrogens is 2. The first-order valence-electron chi connectivity index (χ1n) is 7.47. The highest BCUT2D eigenvalue weighted by Gasteiger charge is 2.34. The molecule has 0 aliphatic heterocycles. The van der Waals surface area contributed by atoms with Crippen LogP contribution in [0.1, 0.15) is 21.9 Å². The fourth-order valence-corrected chi connectivity index (χ4v) is 2.27. The molecule has 0 aliphatic rings. The summed E-state index contributed by atoms with van der Waals surface area (Å²) in [6.07, 6.45) is -4.66. The van der Waals surface area contributed by atoms with Gasteiger partial charge in [-0.25, -0.2) is 9.97 Å². The molecule has 1 amide bonds. The van der Waals surface area contributed by atoms with Gasteiger partial charge in [0.05, 0.1) is 17.9 Å². The Kier molecular flexibility index (Phi) is 6.38. The standard InChI is InChI=1S/C16H16ClF3N4O2/c1-9-22-13(8-14(23-9)21-5-6-26-2)15(25)24-12-4-3-10(17)7-11(12)16(18,19)20/h3-4,7-8H,5-6H2,1-2H3,(H,24,25)(H,21,22,23). The third-order valence-electron chi connectivity index (χ3n) is 3.22. The van der Waals surface area contributed by atoms with Gasteiger partial charge in [-0.3, -0.25) is 4.79 Å². The van der Waals surface area contributed by atoms with E-state index in [0.717, 1.165) is 12.1 Å². The maximum Gasteiger partial charge on any atom is 0.418 e. The second-order valence-corrected chi connectivity index (χ2v) is 5.68. The van der Waals surface area contributed by atoms with Crippen LogP contribution < -0.4 is 10.6 Å². The number of ether oxygens (including phenoxy) is 1. The number of nitrogens with zero attached hydrogens (tertiary/aromatic N) is 2. The molecule has 1 aromatic carbocycles. The topological polar surface area (TPSA) is 76.1 Å². The Bertz CT molecular complexity index is 800. The molecule has 2 aromatic rings. The van der Waals surface area contributed by atoms with Crippen molar-refractivity contribution < 1.29 is 22.7 Å². The summed E-state index contributed by atoms with van der Waals surface area (Å²) in [5.74, 6) is -0.130. The van der Waals surface area contributed by atoms with E-state index in [2.05, 4.69) is 20.6 Å². The van der Waals surface area contributed by atoms with Crippen LogP contribution >= 0.6 is 11.6 Å². The largest absolute Gasteiger partial charge is 0.418 e. The molecule has 6 nitrogen and oxygen atoms in total. The van der Waals surface area contributed by atoms with E-state index in [9.17, 15) is 18.0 Å². The van der Waals surface area contributed by atoms with Crippen molar-refractivity contribution in [3.05, 3.63) is 46.4 Å². The number of hydrogen-bond acceptors (Lipinski definition) is 5. The predicted molar refractivity (Wildman–Crippen MR) is 91.5 cm³/mol. The Balaban J connectivity index is 2.25. The molecule has 10 heteroatoms. The van der Waals surface area contributed by atoms with E-state index in [1.807, 2.05) is 0 Å². The molecule has 2 rings (SSSR count). The van der Waals surface area contributed by atoms with Gasteiger partial charge >= 0.3 is 6.18 Å². The molecular formula is C16H16ClF3N4O2. The van der Waals surface area contributed by atoms with Gasteiger partial charge < -0.3 is 15.4 Å². The van der Waals surface area contributed by atoms with Gasteiger partial charge in [-0.1, -0.05) is 11.6 Å². The summed E-state index contributed by atoms with van der Waals surface area (Å²) >= 11 is 5.63. The van der Waals surface area contributed by atoms with E-state index >= 15 is 0 Å². The molecule has 0 fully saturated rings. The SMILES string of the molecule is COCCNc1cc(C(=O)Nc2ccc(Cl)cc2C(F)(F)F)nc(C)n1. The van der Waals surface area contributed by atoms with E-state index in [4.69, 9.17) is 16.3 Å². The van der Waals surface area contributed by atoms with Crippen LogP contribution in [0.5, 0.6) is 0 Å². The molecule has 0 saturated heterocycles. The third-order valence-corrected chi connectivity index (χ3v) is 3.45. The van der Waals surface area contributed by atoms with Crippen LogP contribution in [0.15, 0.2) is 24.3 Å². The Labute approximate surface area is 152 Å². The Morgan fingerprint density at radius 1 is 1.27 bits per heavy atom. The van der Waals surface area contributed by atoms with Crippen LogP contribution in [-0.2, 0) is 10.9 Å². The summed E-state index contributed by atoms with van der Waals surface area (Å²) in [5, 5.41) is 5.07. The molecule has 0 aliphatic carbocycles. The van der Waals surface area contributed by atoms with Crippen LogP contribution in [0.25, 0.3) is 0 Å². The summed E-state index contributed by atoms with van der Waals surface area (Å²) in [7, 11) is 1.54. The molecule has 0 radical (unpaired) electrons. The zero-order valence-corrected chi connectivity index (χ0v) is 14.7. The van der Waals surface area contributed by atoms with Gasteiger partial charge in [0.25, 0.3) is 5.91 Å². The van der Waals surface area contributed by atoms with E-state index < -0.39 is 23.3 Å². The molecule has 0 atom stereocenters. The minimum atomic E-state index is -4.66. The lowest BCUT2D eigenvalue weighted by molar-refractivity contribution is -0.136. The molecule has 1 heterocycles. The summed E-state index contributed by atoms with van der Waals surface area (Å²) in [6, 6.07) is 4.45. The lowest BCUT2D eigenvalue weighted by atomic mass is 10.1. The second kappa shape index (κ2) is 8.33. The van der Waals surface area contributed by atoms with Crippen molar-refractivity contribution >= 4 is 29.0 Å². The Morgan fingerprint density at radius 2 is 2.00 bits per heavy atom. The van der Waals surface area contributed by atoms with Crippen LogP contribution in [0, 0.1) is 6.92 Å². The number of anilines is 2. The lowest BCUT2D eigenvalue weighted by Gasteiger charge is -2.14. The lowest BCUT2D eigenvalue weighted by Crippen LogP contribution is -2.19. The van der Waals surface area contributed by atoms with E-state index in [1.54, 1.807) is 6.92 Å². The monoisotopic (exact) mass is 388 g/mol. The molecular weight excluding hydrogens is 373 g/mol. The number of halogens is 4. The van der Waals surface area contributed by atoms with E-state index in [1.165, 1.54) is 19.2 Å². The number of nitrogens with one attached hydrogen (secondary N) is 2. The maximum absolute atomic E-state index is 13.1. The summed E-state index contributed by atoms with van der Waals surface area (Å²) in [5.41, 5.74) is -1.51. The highest BCUT2D eigenvalue weighted by atomic mass is 35.5. The maximum atomic E-state index is 13.1. The molecule has 2 N–H and O–H groups in total. The molecule has 0 unspecified atom stereocenters. The minimum Gasteiger partial charge on any atom is -0.383 e. The number of methoxy groups -OCH3 is 1. The van der Waals surface area contributed by atoms with Gasteiger partial charge in [-0.15, -0.1) is 0 Å². The molecule has 0 saturated carbocycles. The van der Waals surface area contributed by atoms with Gasteiger partial charge in [0.1, 0.15) is 17.3 Å². The Hall–Kier alpha value is -2.39. The zero-order valence-electron chi connectivity index (χ0n) is 13.9. The van der Waals surface area contributed by atoms with Gasteiger partial charge in [0.2, 0.25) is 0 Å². The first-order valence-corrected chi connectivity index (χ1v) is 7.85. The van der Waals surface area contributed by atoms with Crippen molar-refractivity contribution in [3.63, 3.8) is 0 Å². The van der Waals surface area contributed by atoms with Crippen molar-refractivity contribution in [2.45, 2.75) is 13.1 Å². The summed E-state index contributed by atoms with van der Waals surface area (Å²) in [6.45, 7) is 2.44. The van der Waals surface area contributed by atoms with Crippen LogP contribution in [0.2, 0.25) is 5.02 Å². The number of hydrogen-bond donors (Lipinski definition) is 2. The molecule has 140 valence electrons. The van der Waals surface area contributed by atoms with E-state index in [-0.39, 0.29) is 10.7 Å². The highest BCUT2D eigenvalue weighted by Crippen LogP contribution is 2.36. The number of rotatable bonds is 6. The normalized spacial score (nSPS) is 11.3. The average Bonchev–Trinajstić information content (AvgIpc) is 2.55. The van der Waals surface area contributed by atoms with Crippen LogP contribution in [0.4, 0.5) is 24.7 Å². The van der Waals surface area contributed by atoms with Crippen LogP contribution in [0.3, 0.4) is 0 Å². The number of amides is 1. The van der Waals surface area contributed by atoms with Crippen molar-refractivity contribution in [1.82, 2.24) is 9.97 Å². The minimum absolute atomic E-state index is 0.0690. The summed E-state index contributed by atoms with van der Waals surface area (Å²) in [4.78, 5) is 20.4. The second-order valence-electron chi connectivity index (χ2n) is 5.25. The number of aryl methyl sites for hydroxylation is 1. The number of alkyl halides is 3. The molecule has 0 spiro atoms. The third kappa shape index (κ3) is 5.30. The smallest absolute Gasteiger partial charge is 0.383 e. The van der Waals surface area contributed by atoms with Crippen molar-refractivity contribution in [1.29, 1.82) is 0 Å². The molecule has 0 bridgehead atoms. The Morgan fingerprint density at radius 3 is 2.65 bits per heavy atom. The van der Waals surface area contributed by atoms with Crippen molar-refractivity contribution in [2.75, 3.05) is 30.9 Å². The number of carbonyl (C=O) groups excluding carboxylic acids is 1. The quantitative estimate of drug-likeness (QED) is 0.737. The fourth-order valence-electron chi connectivity index (χ4n) is 2.10. The highest BCUT2D eigenvalue weighted by molar-refractivity contribution is 6.30. The van der Waals surface area contributed by atoms with Crippen molar-refractivity contribution in [2.24, 2.45) is 0 Å². The first kappa shape index (κ1) is 19.9. The first-order chi connectivity index (χ1) is 12.2. The average molecular weight is 389 g/mol. The zero-order chi connectivity index (χ0) is 19.3. The number of benzene rings is 1. The molecule has 1 aromatic heterocycles. The fraction of sp³-hybridized carbons (Fsp3) is 0.312. The van der Waals surface area contributed by atoms with Crippen molar-refractivity contribution in [3.8, 4) is 0 Å².